The van der Waals surface area contributed by atoms with E-state index >= 15 is 0 Å². The second-order valence-electron chi connectivity index (χ2n) is 5.23. The fourth-order valence-electron chi connectivity index (χ4n) is 2.49. The van der Waals surface area contributed by atoms with Crippen molar-refractivity contribution in [1.29, 1.82) is 0 Å². The van der Waals surface area contributed by atoms with Gasteiger partial charge in [0.1, 0.15) is 6.04 Å². The normalized spacial score (nSPS) is 15.8. The van der Waals surface area contributed by atoms with Gasteiger partial charge >= 0.3 is 18.1 Å². The highest BCUT2D eigenvalue weighted by atomic mass is 19.4. The Kier molecular flexibility index (Phi) is 4.93. The third kappa shape index (κ3) is 3.82. The Bertz CT molecular complexity index is 616. The van der Waals surface area contributed by atoms with E-state index in [1.54, 1.807) is 25.1 Å². The van der Waals surface area contributed by atoms with Gasteiger partial charge in [-0.3, -0.25) is 4.79 Å². The minimum absolute atomic E-state index is 0.00855. The van der Waals surface area contributed by atoms with Crippen molar-refractivity contribution in [3.8, 4) is 0 Å². The Morgan fingerprint density at radius 3 is 2.65 bits per heavy atom. The maximum absolute atomic E-state index is 12.5. The van der Waals surface area contributed by atoms with Crippen LogP contribution in [0.4, 0.5) is 13.2 Å². The lowest BCUT2D eigenvalue weighted by atomic mass is 9.95. The number of amides is 1. The smallest absolute Gasteiger partial charge is 0.465 e. The summed E-state index contributed by atoms with van der Waals surface area (Å²) in [6, 6.07) is 3.93. The Hall–Kier alpha value is -2.09. The molecular weight excluding hydrogens is 313 g/mol. The summed E-state index contributed by atoms with van der Waals surface area (Å²) in [6.45, 7) is 1.69. The molecule has 1 aromatic rings. The number of ether oxygens (including phenoxy) is 1. The van der Waals surface area contributed by atoms with Gasteiger partial charge in [-0.1, -0.05) is 18.2 Å². The summed E-state index contributed by atoms with van der Waals surface area (Å²) in [6.07, 6.45) is -4.57. The lowest BCUT2D eigenvalue weighted by Crippen LogP contribution is -2.43. The number of carbonyl (C=O) groups is 2. The topological polar surface area (TPSA) is 72.6 Å². The summed E-state index contributed by atoms with van der Waals surface area (Å²) in [7, 11) is 0. The van der Waals surface area contributed by atoms with E-state index in [1.165, 1.54) is 0 Å². The van der Waals surface area contributed by atoms with Gasteiger partial charge in [-0.05, 0) is 30.0 Å². The SMILES string of the molecule is CCOC(=O)C(N)c1ccc2c(c1)CN(C(=O)C(F)(F)F)CC2. The molecule has 0 spiro atoms. The monoisotopic (exact) mass is 330 g/mol. The molecule has 1 aliphatic rings. The summed E-state index contributed by atoms with van der Waals surface area (Å²) in [4.78, 5) is 23.8. The molecular formula is C15H17F3N2O3. The molecule has 2 N–H and O–H groups in total. The number of benzene rings is 1. The fraction of sp³-hybridized carbons (Fsp3) is 0.467. The maximum Gasteiger partial charge on any atom is 0.471 e. The molecule has 0 saturated heterocycles. The van der Waals surface area contributed by atoms with Crippen LogP contribution in [0.5, 0.6) is 0 Å². The van der Waals surface area contributed by atoms with Gasteiger partial charge < -0.3 is 15.4 Å². The standard InChI is InChI=1S/C15H17F3N2O3/c1-2-23-13(21)12(19)10-4-3-9-5-6-20(8-11(9)7-10)14(22)15(16,17)18/h3-4,7,12H,2,5-6,8,19H2,1H3. The summed E-state index contributed by atoms with van der Waals surface area (Å²) in [5.74, 6) is -2.46. The molecule has 1 aromatic carbocycles. The highest BCUT2D eigenvalue weighted by Crippen LogP contribution is 2.26. The van der Waals surface area contributed by atoms with Crippen molar-refractivity contribution in [1.82, 2.24) is 4.90 Å². The van der Waals surface area contributed by atoms with E-state index in [9.17, 15) is 22.8 Å². The van der Waals surface area contributed by atoms with Crippen molar-refractivity contribution in [3.05, 3.63) is 34.9 Å². The molecule has 0 bridgehead atoms. The summed E-state index contributed by atoms with van der Waals surface area (Å²) < 4.78 is 42.4. The highest BCUT2D eigenvalue weighted by Gasteiger charge is 2.43. The first kappa shape index (κ1) is 17.3. The number of fused-ring (bicyclic) bond motifs is 1. The minimum Gasteiger partial charge on any atom is -0.465 e. The molecule has 0 radical (unpaired) electrons. The molecule has 1 heterocycles. The molecule has 5 nitrogen and oxygen atoms in total. The zero-order chi connectivity index (χ0) is 17.2. The number of hydrogen-bond acceptors (Lipinski definition) is 4. The molecule has 1 amide bonds. The van der Waals surface area contributed by atoms with Gasteiger partial charge in [0.25, 0.3) is 0 Å². The predicted molar refractivity (Wildman–Crippen MR) is 75.2 cm³/mol. The second kappa shape index (κ2) is 6.57. The first-order valence-electron chi connectivity index (χ1n) is 7.14. The zero-order valence-corrected chi connectivity index (χ0v) is 12.5. The molecule has 0 fully saturated rings. The van der Waals surface area contributed by atoms with Crippen molar-refractivity contribution < 1.29 is 27.5 Å². The van der Waals surface area contributed by atoms with Crippen LogP contribution < -0.4 is 5.73 Å². The van der Waals surface area contributed by atoms with Gasteiger partial charge in [0, 0.05) is 13.1 Å². The van der Waals surface area contributed by atoms with Crippen LogP contribution in [0, 0.1) is 0 Å². The van der Waals surface area contributed by atoms with Crippen LogP contribution in [0.15, 0.2) is 18.2 Å². The van der Waals surface area contributed by atoms with E-state index in [1.807, 2.05) is 0 Å². The second-order valence-corrected chi connectivity index (χ2v) is 5.23. The van der Waals surface area contributed by atoms with Crippen molar-refractivity contribution in [2.24, 2.45) is 5.73 Å². The van der Waals surface area contributed by atoms with Gasteiger partial charge in [-0.2, -0.15) is 13.2 Å². The lowest BCUT2D eigenvalue weighted by Gasteiger charge is -2.30. The number of halogens is 3. The number of alkyl halides is 3. The zero-order valence-electron chi connectivity index (χ0n) is 12.5. The average Bonchev–Trinajstić information content (AvgIpc) is 2.51. The molecule has 0 aliphatic carbocycles. The summed E-state index contributed by atoms with van der Waals surface area (Å²) in [5, 5.41) is 0. The van der Waals surface area contributed by atoms with Crippen LogP contribution in [0.25, 0.3) is 0 Å². The van der Waals surface area contributed by atoms with Crippen LogP contribution in [-0.4, -0.2) is 36.1 Å². The van der Waals surface area contributed by atoms with Crippen LogP contribution in [-0.2, 0) is 27.3 Å². The Balaban J connectivity index is 2.20. The van der Waals surface area contributed by atoms with Crippen LogP contribution in [0.2, 0.25) is 0 Å². The molecule has 0 aromatic heterocycles. The molecule has 1 aliphatic heterocycles. The average molecular weight is 330 g/mol. The molecule has 1 unspecified atom stereocenters. The van der Waals surface area contributed by atoms with Crippen molar-refractivity contribution in [3.63, 3.8) is 0 Å². The number of rotatable bonds is 3. The van der Waals surface area contributed by atoms with E-state index in [2.05, 4.69) is 0 Å². The Labute approximate surface area is 131 Å². The van der Waals surface area contributed by atoms with Gasteiger partial charge in [0.2, 0.25) is 0 Å². The van der Waals surface area contributed by atoms with E-state index in [0.29, 0.717) is 17.5 Å². The quantitative estimate of drug-likeness (QED) is 0.856. The van der Waals surface area contributed by atoms with E-state index in [4.69, 9.17) is 10.5 Å². The van der Waals surface area contributed by atoms with Crippen LogP contribution in [0.3, 0.4) is 0 Å². The lowest BCUT2D eigenvalue weighted by molar-refractivity contribution is -0.186. The predicted octanol–water partition coefficient (Wildman–Crippen LogP) is 1.70. The molecule has 0 saturated carbocycles. The molecule has 1 atom stereocenters. The van der Waals surface area contributed by atoms with Crippen molar-refractivity contribution in [2.45, 2.75) is 32.1 Å². The number of carbonyl (C=O) groups excluding carboxylic acids is 2. The number of nitrogens with zero attached hydrogens (tertiary/aromatic N) is 1. The first-order valence-corrected chi connectivity index (χ1v) is 7.14. The number of esters is 1. The van der Waals surface area contributed by atoms with E-state index in [0.717, 1.165) is 10.5 Å². The Morgan fingerprint density at radius 1 is 1.35 bits per heavy atom. The maximum atomic E-state index is 12.5. The fourth-order valence-corrected chi connectivity index (χ4v) is 2.49. The number of hydrogen-bond donors (Lipinski definition) is 1. The van der Waals surface area contributed by atoms with Crippen molar-refractivity contribution >= 4 is 11.9 Å². The highest BCUT2D eigenvalue weighted by molar-refractivity contribution is 5.82. The van der Waals surface area contributed by atoms with Crippen LogP contribution >= 0.6 is 0 Å². The largest absolute Gasteiger partial charge is 0.471 e. The summed E-state index contributed by atoms with van der Waals surface area (Å²) >= 11 is 0. The van der Waals surface area contributed by atoms with Gasteiger partial charge in [0.15, 0.2) is 0 Å². The Morgan fingerprint density at radius 2 is 2.04 bits per heavy atom. The third-order valence-electron chi connectivity index (χ3n) is 3.67. The van der Waals surface area contributed by atoms with Gasteiger partial charge in [-0.15, -0.1) is 0 Å². The molecule has 2 rings (SSSR count). The first-order chi connectivity index (χ1) is 10.7. The van der Waals surface area contributed by atoms with E-state index < -0.39 is 24.1 Å². The minimum atomic E-state index is -4.89. The van der Waals surface area contributed by atoms with E-state index in [-0.39, 0.29) is 19.7 Å². The molecule has 8 heteroatoms. The number of nitrogens with two attached hydrogens (primary N) is 1. The summed E-state index contributed by atoms with van der Waals surface area (Å²) in [5.41, 5.74) is 7.64. The van der Waals surface area contributed by atoms with Gasteiger partial charge in [0.05, 0.1) is 6.61 Å². The van der Waals surface area contributed by atoms with Crippen LogP contribution in [0.1, 0.15) is 29.7 Å². The van der Waals surface area contributed by atoms with Gasteiger partial charge in [-0.25, -0.2) is 4.79 Å². The van der Waals surface area contributed by atoms with Crippen molar-refractivity contribution in [2.75, 3.05) is 13.2 Å². The molecule has 126 valence electrons. The molecule has 23 heavy (non-hydrogen) atoms. The third-order valence-corrected chi connectivity index (χ3v) is 3.67.